The van der Waals surface area contributed by atoms with Crippen LogP contribution in [0.5, 0.6) is 0 Å². The van der Waals surface area contributed by atoms with Crippen molar-refractivity contribution < 1.29 is 0 Å². The van der Waals surface area contributed by atoms with Crippen LogP contribution in [0.1, 0.15) is 155 Å². The summed E-state index contributed by atoms with van der Waals surface area (Å²) in [6.45, 7) is 7.69. The van der Waals surface area contributed by atoms with Gasteiger partial charge in [0.2, 0.25) is 0 Å². The van der Waals surface area contributed by atoms with Crippen molar-refractivity contribution in [3.05, 3.63) is 12.7 Å². The highest BCUT2D eigenvalue weighted by Gasteiger charge is 1.95. The van der Waals surface area contributed by atoms with Gasteiger partial charge in [0.05, 0.1) is 0 Å². The predicted octanol–water partition coefficient (Wildman–Crippen LogP) is 9.97. The van der Waals surface area contributed by atoms with E-state index < -0.39 is 0 Å². The van der Waals surface area contributed by atoms with Gasteiger partial charge in [-0.15, -0.1) is 0 Å². The van der Waals surface area contributed by atoms with Crippen molar-refractivity contribution in [1.82, 2.24) is 0 Å². The molecular weight excluding hydrogens is 312 g/mol. The first-order valence-corrected chi connectivity index (χ1v) is 12.4. The second kappa shape index (κ2) is 24.7. The molecule has 0 saturated heterocycles. The Kier molecular flexibility index (Phi) is 24.5. The third-order valence-electron chi connectivity index (χ3n) is 5.72. The summed E-state index contributed by atoms with van der Waals surface area (Å²) in [6, 6.07) is 0. The predicted molar refractivity (Wildman–Crippen MR) is 121 cm³/mol. The lowest BCUT2D eigenvalue weighted by molar-refractivity contribution is 0.519. The van der Waals surface area contributed by atoms with E-state index in [1.54, 1.807) is 6.08 Å². The number of unbranched alkanes of at least 4 members (excludes halogenated alkanes) is 22. The molecule has 0 amide bonds. The number of rotatable bonds is 23. The molecular formula is C26H51. The summed E-state index contributed by atoms with van der Waals surface area (Å²) >= 11 is 0. The van der Waals surface area contributed by atoms with Gasteiger partial charge in [0.1, 0.15) is 0 Å². The third kappa shape index (κ3) is 23.7. The van der Waals surface area contributed by atoms with Gasteiger partial charge >= 0.3 is 0 Å². The zero-order valence-corrected chi connectivity index (χ0v) is 18.4. The van der Waals surface area contributed by atoms with Crippen LogP contribution in [0.15, 0.2) is 6.08 Å². The highest BCUT2D eigenvalue weighted by atomic mass is 14.0. The van der Waals surface area contributed by atoms with Gasteiger partial charge in [0.15, 0.2) is 0 Å². The minimum absolute atomic E-state index is 1.10. The molecule has 0 heterocycles. The topological polar surface area (TPSA) is 0 Å². The standard InChI is InChI=1S/C26H51/c1-3-5-7-9-11-13-15-17-19-21-23-25-26-24-22-20-18-16-14-12-10-8-6-4-2/h1,3H,4-26H2,2H3. The lowest BCUT2D eigenvalue weighted by Gasteiger charge is -2.04. The van der Waals surface area contributed by atoms with Crippen LogP contribution in [-0.2, 0) is 0 Å². The largest absolute Gasteiger partial charge is 0.0845 e. The molecule has 0 atom stereocenters. The summed E-state index contributed by atoms with van der Waals surface area (Å²) < 4.78 is 0. The fraction of sp³-hybridized carbons (Fsp3) is 0.923. The Labute approximate surface area is 167 Å². The highest BCUT2D eigenvalue weighted by molar-refractivity contribution is 4.61. The van der Waals surface area contributed by atoms with E-state index in [1.807, 2.05) is 0 Å². The van der Waals surface area contributed by atoms with E-state index in [4.69, 9.17) is 6.58 Å². The van der Waals surface area contributed by atoms with Crippen molar-refractivity contribution in [2.24, 2.45) is 0 Å². The minimum Gasteiger partial charge on any atom is -0.0845 e. The maximum absolute atomic E-state index is 5.39. The maximum atomic E-state index is 5.39. The van der Waals surface area contributed by atoms with E-state index in [9.17, 15) is 0 Å². The van der Waals surface area contributed by atoms with Gasteiger partial charge in [0, 0.05) is 0 Å². The molecule has 0 nitrogen and oxygen atoms in total. The maximum Gasteiger partial charge on any atom is -0.0348 e. The van der Waals surface area contributed by atoms with Gasteiger partial charge < -0.3 is 0 Å². The molecule has 155 valence electrons. The molecule has 0 fully saturated rings. The zero-order valence-electron chi connectivity index (χ0n) is 18.4. The smallest absolute Gasteiger partial charge is 0.0348 e. The zero-order chi connectivity index (χ0) is 19.0. The molecule has 0 unspecified atom stereocenters. The fourth-order valence-electron chi connectivity index (χ4n) is 3.87. The quantitative estimate of drug-likeness (QED) is 0.158. The van der Waals surface area contributed by atoms with Crippen LogP contribution in [-0.4, -0.2) is 0 Å². The molecule has 0 aromatic rings. The van der Waals surface area contributed by atoms with Crippen molar-refractivity contribution in [2.45, 2.75) is 155 Å². The molecule has 0 aromatic carbocycles. The van der Waals surface area contributed by atoms with Gasteiger partial charge in [0.25, 0.3) is 0 Å². The van der Waals surface area contributed by atoms with E-state index in [2.05, 4.69) is 6.92 Å². The molecule has 26 heavy (non-hydrogen) atoms. The summed E-state index contributed by atoms with van der Waals surface area (Å²) in [5.41, 5.74) is 0. The fourth-order valence-corrected chi connectivity index (χ4v) is 3.87. The van der Waals surface area contributed by atoms with Crippen molar-refractivity contribution in [3.63, 3.8) is 0 Å². The van der Waals surface area contributed by atoms with Crippen molar-refractivity contribution in [1.29, 1.82) is 0 Å². The second-order valence-electron chi connectivity index (χ2n) is 8.45. The Morgan fingerprint density at radius 3 is 0.846 bits per heavy atom. The van der Waals surface area contributed by atoms with Crippen LogP contribution in [0.4, 0.5) is 0 Å². The van der Waals surface area contributed by atoms with Gasteiger partial charge in [-0.3, -0.25) is 0 Å². The van der Waals surface area contributed by atoms with Gasteiger partial charge in [-0.2, -0.15) is 0 Å². The molecule has 0 heteroatoms. The number of hydrogen-bond acceptors (Lipinski definition) is 0. The van der Waals surface area contributed by atoms with E-state index >= 15 is 0 Å². The Bertz CT molecular complexity index is 242. The highest BCUT2D eigenvalue weighted by Crippen LogP contribution is 2.15. The average molecular weight is 364 g/mol. The van der Waals surface area contributed by atoms with Gasteiger partial charge in [-0.05, 0) is 12.8 Å². The van der Waals surface area contributed by atoms with Crippen LogP contribution in [0.3, 0.4) is 0 Å². The molecule has 0 aliphatic heterocycles. The summed E-state index contributed by atoms with van der Waals surface area (Å²) in [5.74, 6) is 0. The Balaban J connectivity index is 2.96. The van der Waals surface area contributed by atoms with Crippen LogP contribution >= 0.6 is 0 Å². The Hall–Kier alpha value is -0.260. The lowest BCUT2D eigenvalue weighted by Crippen LogP contribution is -1.84. The molecule has 0 aliphatic rings. The van der Waals surface area contributed by atoms with Crippen LogP contribution < -0.4 is 0 Å². The molecule has 1 radical (unpaired) electrons. The monoisotopic (exact) mass is 363 g/mol. The van der Waals surface area contributed by atoms with E-state index in [-0.39, 0.29) is 0 Å². The van der Waals surface area contributed by atoms with Crippen LogP contribution in [0.25, 0.3) is 0 Å². The Morgan fingerprint density at radius 2 is 0.615 bits per heavy atom. The van der Waals surface area contributed by atoms with E-state index in [1.165, 1.54) is 141 Å². The lowest BCUT2D eigenvalue weighted by atomic mass is 10.0. The molecule has 0 rings (SSSR count). The first-order chi connectivity index (χ1) is 12.9. The second-order valence-corrected chi connectivity index (χ2v) is 8.45. The average Bonchev–Trinajstić information content (AvgIpc) is 2.66. The molecule has 0 saturated carbocycles. The molecule has 0 N–H and O–H groups in total. The van der Waals surface area contributed by atoms with Crippen LogP contribution in [0.2, 0.25) is 0 Å². The summed E-state index contributed by atoms with van der Waals surface area (Å²) in [5, 5.41) is 0. The van der Waals surface area contributed by atoms with E-state index in [0.717, 1.165) is 6.42 Å². The molecule has 0 aliphatic carbocycles. The van der Waals surface area contributed by atoms with Crippen molar-refractivity contribution >= 4 is 0 Å². The van der Waals surface area contributed by atoms with E-state index in [0.29, 0.717) is 0 Å². The van der Waals surface area contributed by atoms with Gasteiger partial charge in [-0.25, -0.2) is 0 Å². The summed E-state index contributed by atoms with van der Waals surface area (Å²) in [4.78, 5) is 0. The summed E-state index contributed by atoms with van der Waals surface area (Å²) in [7, 11) is 0. The minimum atomic E-state index is 1.10. The van der Waals surface area contributed by atoms with Gasteiger partial charge in [-0.1, -0.05) is 154 Å². The van der Waals surface area contributed by atoms with Crippen molar-refractivity contribution in [3.8, 4) is 0 Å². The Morgan fingerprint density at radius 1 is 0.385 bits per heavy atom. The van der Waals surface area contributed by atoms with Crippen molar-refractivity contribution in [2.75, 3.05) is 0 Å². The SMILES string of the molecule is [CH]=CCCCCCCCCCCCCCCCCCCCCCCCC. The third-order valence-corrected chi connectivity index (χ3v) is 5.72. The normalized spacial score (nSPS) is 11.1. The molecule has 0 bridgehead atoms. The molecule has 0 spiro atoms. The first-order valence-electron chi connectivity index (χ1n) is 12.4. The first kappa shape index (κ1) is 25.7. The summed E-state index contributed by atoms with van der Waals surface area (Å²) in [6.07, 6.45) is 34.8. The van der Waals surface area contributed by atoms with Crippen LogP contribution in [0, 0.1) is 6.58 Å². The number of allylic oxidation sites excluding steroid dienone is 1. The number of hydrogen-bond donors (Lipinski definition) is 0. The molecule has 0 aromatic heterocycles.